The van der Waals surface area contributed by atoms with E-state index in [-0.39, 0.29) is 16.3 Å². The SMILES string of the molecule is CS(=O)(=O)c1ccc(-c2cnn(-c3ccc(F)c(F)c3)c(=O)c2Oc2ccc(Br)cc2)cc1. The van der Waals surface area contributed by atoms with Crippen LogP contribution in [0.3, 0.4) is 0 Å². The van der Waals surface area contributed by atoms with Crippen LogP contribution in [0.5, 0.6) is 11.5 Å². The number of rotatable bonds is 5. The van der Waals surface area contributed by atoms with Crippen molar-refractivity contribution in [1.82, 2.24) is 9.78 Å². The van der Waals surface area contributed by atoms with E-state index in [1.165, 1.54) is 36.5 Å². The largest absolute Gasteiger partial charge is 0.451 e. The molecule has 0 unspecified atom stereocenters. The van der Waals surface area contributed by atoms with E-state index in [1.54, 1.807) is 24.3 Å². The number of ether oxygens (including phenoxy) is 1. The molecule has 0 aliphatic heterocycles. The van der Waals surface area contributed by atoms with Crippen LogP contribution in [0.4, 0.5) is 8.78 Å². The predicted molar refractivity (Wildman–Crippen MR) is 123 cm³/mol. The first-order chi connectivity index (χ1) is 15.6. The highest BCUT2D eigenvalue weighted by Gasteiger charge is 2.18. The number of aromatic nitrogens is 2. The second kappa shape index (κ2) is 8.87. The van der Waals surface area contributed by atoms with E-state index in [1.807, 2.05) is 0 Å². The molecule has 0 spiro atoms. The standard InChI is InChI=1S/C23H15BrF2N2O4S/c1-33(30,31)18-9-2-14(3-10-18)19-13-27-28(16-6-11-20(25)21(26)12-16)23(29)22(19)32-17-7-4-15(24)5-8-17/h2-13H,1H3. The smallest absolute Gasteiger partial charge is 0.315 e. The van der Waals surface area contributed by atoms with Gasteiger partial charge in [0, 0.05) is 16.8 Å². The Labute approximate surface area is 196 Å². The molecule has 0 saturated carbocycles. The summed E-state index contributed by atoms with van der Waals surface area (Å²) in [4.78, 5) is 13.4. The molecule has 10 heteroatoms. The Bertz CT molecular complexity index is 1500. The predicted octanol–water partition coefficient (Wildman–Crippen LogP) is 5.14. The first-order valence-corrected chi connectivity index (χ1v) is 12.1. The normalized spacial score (nSPS) is 11.4. The van der Waals surface area contributed by atoms with Gasteiger partial charge in [0.05, 0.1) is 22.3 Å². The molecule has 0 atom stereocenters. The van der Waals surface area contributed by atoms with Gasteiger partial charge in [-0.1, -0.05) is 28.1 Å². The number of benzene rings is 3. The minimum Gasteiger partial charge on any atom is -0.451 e. The van der Waals surface area contributed by atoms with Crippen LogP contribution in [0.25, 0.3) is 16.8 Å². The summed E-state index contributed by atoms with van der Waals surface area (Å²) in [6.07, 6.45) is 2.43. The highest BCUT2D eigenvalue weighted by atomic mass is 79.9. The molecule has 0 bridgehead atoms. The maximum absolute atomic E-state index is 13.8. The van der Waals surface area contributed by atoms with Crippen LogP contribution in [-0.2, 0) is 9.84 Å². The molecule has 0 N–H and O–H groups in total. The molecule has 1 aromatic heterocycles. The molecule has 0 saturated heterocycles. The van der Waals surface area contributed by atoms with Gasteiger partial charge in [-0.05, 0) is 54.1 Å². The summed E-state index contributed by atoms with van der Waals surface area (Å²) in [6, 6.07) is 15.6. The number of nitrogens with zero attached hydrogens (tertiary/aromatic N) is 2. The van der Waals surface area contributed by atoms with Crippen molar-refractivity contribution in [1.29, 1.82) is 0 Å². The topological polar surface area (TPSA) is 78.3 Å². The van der Waals surface area contributed by atoms with Gasteiger partial charge < -0.3 is 4.74 Å². The lowest BCUT2D eigenvalue weighted by Gasteiger charge is -2.14. The maximum atomic E-state index is 13.8. The maximum Gasteiger partial charge on any atom is 0.315 e. The molecule has 4 rings (SSSR count). The lowest BCUT2D eigenvalue weighted by Crippen LogP contribution is -2.23. The molecule has 0 fully saturated rings. The lowest BCUT2D eigenvalue weighted by atomic mass is 10.1. The molecule has 1 heterocycles. The van der Waals surface area contributed by atoms with E-state index in [0.29, 0.717) is 16.9 Å². The van der Waals surface area contributed by atoms with Crippen LogP contribution in [0.2, 0.25) is 0 Å². The summed E-state index contributed by atoms with van der Waals surface area (Å²) in [5, 5.41) is 4.09. The first-order valence-electron chi connectivity index (χ1n) is 9.45. The Morgan fingerprint density at radius 3 is 2.21 bits per heavy atom. The van der Waals surface area contributed by atoms with Crippen LogP contribution in [0, 0.1) is 11.6 Å². The molecule has 33 heavy (non-hydrogen) atoms. The second-order valence-corrected chi connectivity index (χ2v) is 9.99. The van der Waals surface area contributed by atoms with Crippen LogP contribution in [0.15, 0.2) is 87.1 Å². The van der Waals surface area contributed by atoms with Gasteiger partial charge in [0.2, 0.25) is 5.75 Å². The highest BCUT2D eigenvalue weighted by Crippen LogP contribution is 2.31. The average molecular weight is 533 g/mol. The molecule has 0 radical (unpaired) electrons. The second-order valence-electron chi connectivity index (χ2n) is 7.06. The molecular weight excluding hydrogens is 518 g/mol. The molecule has 0 amide bonds. The Morgan fingerprint density at radius 2 is 1.61 bits per heavy atom. The van der Waals surface area contributed by atoms with E-state index in [4.69, 9.17) is 4.74 Å². The third-order valence-corrected chi connectivity index (χ3v) is 6.37. The van der Waals surface area contributed by atoms with E-state index in [0.717, 1.165) is 27.5 Å². The van der Waals surface area contributed by atoms with Gasteiger partial charge in [0.25, 0.3) is 0 Å². The number of hydrogen-bond donors (Lipinski definition) is 0. The minimum absolute atomic E-state index is 0.0125. The van der Waals surface area contributed by atoms with Crippen molar-refractivity contribution >= 4 is 25.8 Å². The molecule has 6 nitrogen and oxygen atoms in total. The average Bonchev–Trinajstić information content (AvgIpc) is 2.78. The zero-order valence-corrected chi connectivity index (χ0v) is 19.4. The fraction of sp³-hybridized carbons (Fsp3) is 0.0435. The van der Waals surface area contributed by atoms with Crippen molar-refractivity contribution in [2.45, 2.75) is 4.90 Å². The summed E-state index contributed by atoms with van der Waals surface area (Å²) < 4.78 is 58.2. The Kier molecular flexibility index (Phi) is 6.13. The molecule has 168 valence electrons. The highest BCUT2D eigenvalue weighted by molar-refractivity contribution is 9.10. The Morgan fingerprint density at radius 1 is 0.939 bits per heavy atom. The number of sulfone groups is 1. The monoisotopic (exact) mass is 532 g/mol. The van der Waals surface area contributed by atoms with E-state index < -0.39 is 27.0 Å². The van der Waals surface area contributed by atoms with Gasteiger partial charge in [0.15, 0.2) is 21.5 Å². The van der Waals surface area contributed by atoms with Gasteiger partial charge in [-0.25, -0.2) is 17.2 Å². The summed E-state index contributed by atoms with van der Waals surface area (Å²) in [5.41, 5.74) is 0.0745. The first kappa shape index (κ1) is 22.8. The van der Waals surface area contributed by atoms with Crippen molar-refractivity contribution in [2.24, 2.45) is 0 Å². The Hall–Kier alpha value is -3.37. The van der Waals surface area contributed by atoms with Crippen molar-refractivity contribution in [3.63, 3.8) is 0 Å². The summed E-state index contributed by atoms with van der Waals surface area (Å²) >= 11 is 3.33. The van der Waals surface area contributed by atoms with Crippen LogP contribution >= 0.6 is 15.9 Å². The molecule has 3 aromatic carbocycles. The van der Waals surface area contributed by atoms with Gasteiger partial charge in [0.1, 0.15) is 5.75 Å². The zero-order chi connectivity index (χ0) is 23.8. The van der Waals surface area contributed by atoms with E-state index >= 15 is 0 Å². The third-order valence-electron chi connectivity index (χ3n) is 4.71. The van der Waals surface area contributed by atoms with Gasteiger partial charge in [-0.2, -0.15) is 9.78 Å². The fourth-order valence-corrected chi connectivity index (χ4v) is 3.94. The number of hydrogen-bond acceptors (Lipinski definition) is 5. The van der Waals surface area contributed by atoms with Gasteiger partial charge >= 0.3 is 5.56 Å². The van der Waals surface area contributed by atoms with Gasteiger partial charge in [-0.15, -0.1) is 0 Å². The summed E-state index contributed by atoms with van der Waals surface area (Å²) in [5.74, 6) is -1.95. The molecule has 4 aromatic rings. The summed E-state index contributed by atoms with van der Waals surface area (Å²) in [7, 11) is -3.41. The molecular formula is C23H15BrF2N2O4S. The van der Waals surface area contributed by atoms with E-state index in [9.17, 15) is 22.0 Å². The quantitative estimate of drug-likeness (QED) is 0.355. The number of halogens is 3. The zero-order valence-electron chi connectivity index (χ0n) is 17.0. The van der Waals surface area contributed by atoms with Crippen molar-refractivity contribution in [2.75, 3.05) is 6.26 Å². The van der Waals surface area contributed by atoms with Crippen LogP contribution in [-0.4, -0.2) is 24.5 Å². The fourth-order valence-electron chi connectivity index (χ4n) is 3.05. The molecule has 0 aliphatic rings. The Balaban J connectivity index is 1.88. The third kappa shape index (κ3) is 4.86. The van der Waals surface area contributed by atoms with Crippen LogP contribution < -0.4 is 10.3 Å². The van der Waals surface area contributed by atoms with Gasteiger partial charge in [-0.3, -0.25) is 4.79 Å². The van der Waals surface area contributed by atoms with Crippen LogP contribution in [0.1, 0.15) is 0 Å². The lowest BCUT2D eigenvalue weighted by molar-refractivity contribution is 0.469. The minimum atomic E-state index is -3.41. The molecule has 0 aliphatic carbocycles. The van der Waals surface area contributed by atoms with Crippen molar-refractivity contribution < 1.29 is 21.9 Å². The summed E-state index contributed by atoms with van der Waals surface area (Å²) in [6.45, 7) is 0. The van der Waals surface area contributed by atoms with Crippen molar-refractivity contribution in [3.8, 4) is 28.3 Å². The van der Waals surface area contributed by atoms with Crippen molar-refractivity contribution in [3.05, 3.63) is 99.4 Å². The van der Waals surface area contributed by atoms with E-state index in [2.05, 4.69) is 21.0 Å².